The number of hydrogen-bond donors (Lipinski definition) is 1. The fraction of sp³-hybridized carbons (Fsp3) is 0.714. The second kappa shape index (κ2) is 3.94. The lowest BCUT2D eigenvalue weighted by Gasteiger charge is -2.06. The van der Waals surface area contributed by atoms with E-state index in [0.29, 0.717) is 13.0 Å². The number of esters is 1. The minimum atomic E-state index is -0.477. The average Bonchev–Trinajstić information content (AvgIpc) is 2.47. The number of carbonyl (C=O) groups is 2. The Morgan fingerprint density at radius 2 is 2.58 bits per heavy atom. The smallest absolute Gasteiger partial charge is 0.406 e. The summed E-state index contributed by atoms with van der Waals surface area (Å²) in [5, 5.41) is 2.31. The number of alkyl carbamates (subject to hydrolysis) is 1. The largest absolute Gasteiger partial charge is 0.465 e. The minimum Gasteiger partial charge on any atom is -0.465 e. The van der Waals surface area contributed by atoms with Crippen LogP contribution in [0.5, 0.6) is 0 Å². The van der Waals surface area contributed by atoms with Gasteiger partial charge in [-0.2, -0.15) is 0 Å². The van der Waals surface area contributed by atoms with Crippen LogP contribution in [0.25, 0.3) is 0 Å². The van der Waals surface area contributed by atoms with Gasteiger partial charge in [0, 0.05) is 13.0 Å². The van der Waals surface area contributed by atoms with Crippen molar-refractivity contribution < 1.29 is 19.1 Å². The van der Waals surface area contributed by atoms with Gasteiger partial charge in [0.1, 0.15) is 0 Å². The topological polar surface area (TPSA) is 64.6 Å². The first-order valence-electron chi connectivity index (χ1n) is 3.72. The number of rotatable bonds is 2. The van der Waals surface area contributed by atoms with Crippen molar-refractivity contribution in [1.29, 1.82) is 0 Å². The van der Waals surface area contributed by atoms with Crippen LogP contribution in [0, 0.1) is 5.92 Å². The van der Waals surface area contributed by atoms with Crippen molar-refractivity contribution in [2.75, 3.05) is 20.3 Å². The Bertz CT molecular complexity index is 192. The third-order valence-electron chi connectivity index (χ3n) is 1.59. The number of cyclic esters (lactones) is 1. The summed E-state index contributed by atoms with van der Waals surface area (Å²) in [4.78, 5) is 21.2. The summed E-state index contributed by atoms with van der Waals surface area (Å²) in [6.07, 6.45) is -0.133. The molecule has 0 aromatic carbocycles. The van der Waals surface area contributed by atoms with Crippen LogP contribution in [0.3, 0.4) is 0 Å². The van der Waals surface area contributed by atoms with Crippen LogP contribution < -0.4 is 5.32 Å². The fourth-order valence-corrected chi connectivity index (χ4v) is 0.937. The zero-order chi connectivity index (χ0) is 8.97. The Hall–Kier alpha value is -1.26. The zero-order valence-corrected chi connectivity index (χ0v) is 6.83. The van der Waals surface area contributed by atoms with Crippen LogP contribution in [0.1, 0.15) is 6.42 Å². The van der Waals surface area contributed by atoms with Crippen molar-refractivity contribution in [2.24, 2.45) is 5.92 Å². The van der Waals surface area contributed by atoms with Gasteiger partial charge < -0.3 is 14.8 Å². The van der Waals surface area contributed by atoms with Crippen molar-refractivity contribution in [3.8, 4) is 0 Å². The molecule has 0 spiro atoms. The predicted octanol–water partition coefficient (Wildman–Crippen LogP) is -0.0945. The number of carbonyl (C=O) groups excluding carboxylic acids is 2. The van der Waals surface area contributed by atoms with Crippen LogP contribution in [-0.2, 0) is 14.3 Å². The molecule has 0 aliphatic carbocycles. The molecule has 12 heavy (non-hydrogen) atoms. The van der Waals surface area contributed by atoms with Crippen LogP contribution in [0.15, 0.2) is 0 Å². The van der Waals surface area contributed by atoms with Crippen LogP contribution in [0.4, 0.5) is 4.79 Å². The standard InChI is InChI=1S/C7H11NO4/c1-8-7(10)12-4-5-2-6(9)11-3-5/h5H,2-4H2,1H3,(H,8,10). The number of ether oxygens (including phenoxy) is 2. The fourth-order valence-electron chi connectivity index (χ4n) is 0.937. The van der Waals surface area contributed by atoms with E-state index >= 15 is 0 Å². The lowest BCUT2D eigenvalue weighted by molar-refractivity contribution is -0.137. The van der Waals surface area contributed by atoms with Crippen molar-refractivity contribution in [1.82, 2.24) is 5.32 Å². The summed E-state index contributed by atoms with van der Waals surface area (Å²) in [6.45, 7) is 0.598. The van der Waals surface area contributed by atoms with Crippen molar-refractivity contribution in [3.05, 3.63) is 0 Å². The lowest BCUT2D eigenvalue weighted by atomic mass is 10.1. The van der Waals surface area contributed by atoms with E-state index in [2.05, 4.69) is 10.1 Å². The molecule has 1 amide bonds. The van der Waals surface area contributed by atoms with Gasteiger partial charge in [0.2, 0.25) is 0 Å². The normalized spacial score (nSPS) is 21.8. The second-order valence-electron chi connectivity index (χ2n) is 2.60. The molecule has 5 heteroatoms. The second-order valence-corrected chi connectivity index (χ2v) is 2.60. The third kappa shape index (κ3) is 2.41. The molecule has 0 aromatic rings. The molecule has 1 heterocycles. The summed E-state index contributed by atoms with van der Waals surface area (Å²) in [6, 6.07) is 0. The Kier molecular flexibility index (Phi) is 2.90. The van der Waals surface area contributed by atoms with E-state index in [9.17, 15) is 9.59 Å². The molecule has 1 fully saturated rings. The maximum absolute atomic E-state index is 10.6. The third-order valence-corrected chi connectivity index (χ3v) is 1.59. The van der Waals surface area contributed by atoms with E-state index in [1.54, 1.807) is 0 Å². The molecule has 1 aliphatic heterocycles. The van der Waals surface area contributed by atoms with Crippen molar-refractivity contribution in [2.45, 2.75) is 6.42 Å². The molecule has 68 valence electrons. The molecule has 1 saturated heterocycles. The Morgan fingerprint density at radius 3 is 3.08 bits per heavy atom. The summed E-state index contributed by atoms with van der Waals surface area (Å²) in [7, 11) is 1.48. The Balaban J connectivity index is 2.16. The van der Waals surface area contributed by atoms with E-state index in [4.69, 9.17) is 4.74 Å². The van der Waals surface area contributed by atoms with Gasteiger partial charge in [0.15, 0.2) is 0 Å². The number of nitrogens with one attached hydrogen (secondary N) is 1. The van der Waals surface area contributed by atoms with E-state index in [1.165, 1.54) is 7.05 Å². The van der Waals surface area contributed by atoms with Crippen molar-refractivity contribution >= 4 is 12.1 Å². The van der Waals surface area contributed by atoms with Crippen LogP contribution >= 0.6 is 0 Å². The summed E-state index contributed by atoms with van der Waals surface area (Å²) in [5.41, 5.74) is 0. The SMILES string of the molecule is CNC(=O)OCC1COC(=O)C1. The first-order valence-corrected chi connectivity index (χ1v) is 3.72. The molecule has 5 nitrogen and oxygen atoms in total. The Morgan fingerprint density at radius 1 is 1.83 bits per heavy atom. The molecule has 1 rings (SSSR count). The highest BCUT2D eigenvalue weighted by molar-refractivity contribution is 5.71. The molecule has 1 unspecified atom stereocenters. The number of amides is 1. The molecule has 1 aliphatic rings. The van der Waals surface area contributed by atoms with Gasteiger partial charge in [-0.05, 0) is 0 Å². The summed E-state index contributed by atoms with van der Waals surface area (Å²) >= 11 is 0. The molecule has 0 bridgehead atoms. The first-order chi connectivity index (χ1) is 5.72. The minimum absolute atomic E-state index is 0.0230. The summed E-state index contributed by atoms with van der Waals surface area (Å²) < 4.78 is 9.42. The molecule has 1 atom stereocenters. The van der Waals surface area contributed by atoms with E-state index in [1.807, 2.05) is 0 Å². The van der Waals surface area contributed by atoms with Gasteiger partial charge in [0.05, 0.1) is 19.6 Å². The molecular formula is C7H11NO4. The summed E-state index contributed by atoms with van der Waals surface area (Å²) in [5.74, 6) is -0.199. The average molecular weight is 173 g/mol. The van der Waals surface area contributed by atoms with Gasteiger partial charge in [-0.15, -0.1) is 0 Å². The highest BCUT2D eigenvalue weighted by atomic mass is 16.6. The molecular weight excluding hydrogens is 162 g/mol. The maximum atomic E-state index is 10.6. The molecule has 0 aromatic heterocycles. The zero-order valence-electron chi connectivity index (χ0n) is 6.83. The maximum Gasteiger partial charge on any atom is 0.406 e. The van der Waals surface area contributed by atoms with Crippen LogP contribution in [0.2, 0.25) is 0 Å². The molecule has 1 N–H and O–H groups in total. The highest BCUT2D eigenvalue weighted by Gasteiger charge is 2.24. The van der Waals surface area contributed by atoms with Gasteiger partial charge in [0.25, 0.3) is 0 Å². The van der Waals surface area contributed by atoms with Gasteiger partial charge >= 0.3 is 12.1 Å². The van der Waals surface area contributed by atoms with Crippen LogP contribution in [-0.4, -0.2) is 32.3 Å². The van der Waals surface area contributed by atoms with E-state index in [-0.39, 0.29) is 18.5 Å². The van der Waals surface area contributed by atoms with E-state index in [0.717, 1.165) is 0 Å². The lowest BCUT2D eigenvalue weighted by Crippen LogP contribution is -2.22. The monoisotopic (exact) mass is 173 g/mol. The molecule has 0 saturated carbocycles. The van der Waals surface area contributed by atoms with Crippen molar-refractivity contribution in [3.63, 3.8) is 0 Å². The highest BCUT2D eigenvalue weighted by Crippen LogP contribution is 2.13. The first kappa shape index (κ1) is 8.83. The number of hydrogen-bond acceptors (Lipinski definition) is 4. The van der Waals surface area contributed by atoms with Gasteiger partial charge in [-0.3, -0.25) is 4.79 Å². The van der Waals surface area contributed by atoms with Gasteiger partial charge in [-0.1, -0.05) is 0 Å². The Labute approximate surface area is 70.0 Å². The predicted molar refractivity (Wildman–Crippen MR) is 39.5 cm³/mol. The molecule has 0 radical (unpaired) electrons. The van der Waals surface area contributed by atoms with Gasteiger partial charge in [-0.25, -0.2) is 4.79 Å². The van der Waals surface area contributed by atoms with E-state index < -0.39 is 6.09 Å². The quantitative estimate of drug-likeness (QED) is 0.592.